The first-order valence-electron chi connectivity index (χ1n) is 6.08. The Kier molecular flexibility index (Phi) is 5.30. The van der Waals surface area contributed by atoms with Gasteiger partial charge in [-0.15, -0.1) is 0 Å². The number of Topliss-reactive ketones (excluding diaryl/α,β-unsaturated/α-hetero) is 1. The van der Waals surface area contributed by atoms with Gasteiger partial charge in [-0.1, -0.05) is 19.1 Å². The molecular weight excluding hydrogens is 273 g/mol. The Morgan fingerprint density at radius 2 is 1.70 bits per heavy atom. The van der Waals surface area contributed by atoms with Crippen molar-refractivity contribution >= 4 is 11.8 Å². The second-order valence-corrected chi connectivity index (χ2v) is 4.82. The number of aliphatic carboxylic acids is 1. The van der Waals surface area contributed by atoms with Gasteiger partial charge in [-0.25, -0.2) is 0 Å². The lowest BCUT2D eigenvalue weighted by atomic mass is 9.97. The van der Waals surface area contributed by atoms with Crippen LogP contribution in [0.25, 0.3) is 0 Å². The molecule has 1 rings (SSSR count). The van der Waals surface area contributed by atoms with Crippen LogP contribution in [0.5, 0.6) is 0 Å². The van der Waals surface area contributed by atoms with Crippen LogP contribution in [0.3, 0.4) is 0 Å². The molecule has 1 atom stereocenters. The van der Waals surface area contributed by atoms with E-state index >= 15 is 0 Å². The molecule has 20 heavy (non-hydrogen) atoms. The quantitative estimate of drug-likeness (QED) is 0.873. The molecule has 0 heterocycles. The summed E-state index contributed by atoms with van der Waals surface area (Å²) in [7, 11) is 0. The average molecular weight is 288 g/mol. The first-order chi connectivity index (χ1) is 9.18. The number of carbonyl (C=O) groups is 2. The number of hydrogen-bond acceptors (Lipinski definition) is 2. The highest BCUT2D eigenvalue weighted by atomic mass is 19.4. The molecule has 0 fully saturated rings. The second kappa shape index (κ2) is 6.54. The zero-order valence-electron chi connectivity index (χ0n) is 10.9. The van der Waals surface area contributed by atoms with Crippen LogP contribution in [0.4, 0.5) is 13.2 Å². The number of carbonyl (C=O) groups excluding carboxylic acids is 1. The standard InChI is InChI=1S/C14H15F3O3/c1-9(7-13(19)20)6-12(18)8-10-2-4-11(5-3-10)14(15,16)17/h2-5,9H,6-8H2,1H3,(H,19,20). The molecule has 0 aliphatic rings. The monoisotopic (exact) mass is 288 g/mol. The number of rotatable bonds is 6. The summed E-state index contributed by atoms with van der Waals surface area (Å²) in [5, 5.41) is 8.58. The minimum atomic E-state index is -4.39. The van der Waals surface area contributed by atoms with Crippen LogP contribution in [-0.2, 0) is 22.2 Å². The normalized spacial score (nSPS) is 13.0. The van der Waals surface area contributed by atoms with Crippen molar-refractivity contribution in [2.24, 2.45) is 5.92 Å². The van der Waals surface area contributed by atoms with Gasteiger partial charge in [-0.2, -0.15) is 13.2 Å². The van der Waals surface area contributed by atoms with Crippen molar-refractivity contribution in [3.8, 4) is 0 Å². The first kappa shape index (κ1) is 16.2. The molecule has 0 aliphatic carbocycles. The summed E-state index contributed by atoms with van der Waals surface area (Å²) < 4.78 is 37.1. The Bertz CT molecular complexity index is 477. The van der Waals surface area contributed by atoms with E-state index in [1.54, 1.807) is 6.92 Å². The summed E-state index contributed by atoms with van der Waals surface area (Å²) in [6, 6.07) is 4.40. The first-order valence-corrected chi connectivity index (χ1v) is 6.08. The molecule has 3 nitrogen and oxygen atoms in total. The van der Waals surface area contributed by atoms with Crippen LogP contribution in [0.2, 0.25) is 0 Å². The van der Waals surface area contributed by atoms with Gasteiger partial charge >= 0.3 is 12.1 Å². The topological polar surface area (TPSA) is 54.4 Å². The maximum Gasteiger partial charge on any atom is 0.416 e. The van der Waals surface area contributed by atoms with E-state index in [0.29, 0.717) is 5.56 Å². The smallest absolute Gasteiger partial charge is 0.416 e. The van der Waals surface area contributed by atoms with Crippen LogP contribution in [-0.4, -0.2) is 16.9 Å². The second-order valence-electron chi connectivity index (χ2n) is 4.82. The van der Waals surface area contributed by atoms with Crippen molar-refractivity contribution in [2.75, 3.05) is 0 Å². The van der Waals surface area contributed by atoms with Crippen LogP contribution < -0.4 is 0 Å². The molecule has 6 heteroatoms. The molecule has 0 spiro atoms. The number of benzene rings is 1. The van der Waals surface area contributed by atoms with Gasteiger partial charge in [0.15, 0.2) is 0 Å². The number of carboxylic acids is 1. The lowest BCUT2D eigenvalue weighted by Gasteiger charge is -2.09. The van der Waals surface area contributed by atoms with Crippen LogP contribution in [0.1, 0.15) is 30.9 Å². The summed E-state index contributed by atoms with van der Waals surface area (Å²) >= 11 is 0. The highest BCUT2D eigenvalue weighted by Crippen LogP contribution is 2.29. The summed E-state index contributed by atoms with van der Waals surface area (Å²) in [5.74, 6) is -1.44. The SMILES string of the molecule is CC(CC(=O)O)CC(=O)Cc1ccc(C(F)(F)F)cc1. The predicted octanol–water partition coefficient (Wildman–Crippen LogP) is 3.32. The molecule has 1 N–H and O–H groups in total. The van der Waals surface area contributed by atoms with Gasteiger partial charge in [0, 0.05) is 19.3 Å². The van der Waals surface area contributed by atoms with Crippen molar-refractivity contribution in [1.82, 2.24) is 0 Å². The lowest BCUT2D eigenvalue weighted by molar-refractivity contribution is -0.138. The Balaban J connectivity index is 2.56. The molecule has 0 radical (unpaired) electrons. The third kappa shape index (κ3) is 5.42. The summed E-state index contributed by atoms with van der Waals surface area (Å²) in [6.07, 6.45) is -4.37. The van der Waals surface area contributed by atoms with Crippen LogP contribution in [0.15, 0.2) is 24.3 Å². The molecule has 0 saturated heterocycles. The van der Waals surface area contributed by atoms with E-state index in [1.165, 1.54) is 12.1 Å². The number of ketones is 1. The van der Waals surface area contributed by atoms with Crippen molar-refractivity contribution in [3.63, 3.8) is 0 Å². The molecule has 0 aromatic heterocycles. The van der Waals surface area contributed by atoms with Gasteiger partial charge in [0.25, 0.3) is 0 Å². The Hall–Kier alpha value is -1.85. The van der Waals surface area contributed by atoms with E-state index in [4.69, 9.17) is 5.11 Å². The highest BCUT2D eigenvalue weighted by Gasteiger charge is 2.29. The molecular formula is C14H15F3O3. The fourth-order valence-corrected chi connectivity index (χ4v) is 1.87. The lowest BCUT2D eigenvalue weighted by Crippen LogP contribution is -2.12. The zero-order valence-corrected chi connectivity index (χ0v) is 10.9. The minimum absolute atomic E-state index is 0.0160. The number of carboxylic acid groups (broad SMARTS) is 1. The van der Waals surface area contributed by atoms with Crippen molar-refractivity contribution in [1.29, 1.82) is 0 Å². The van der Waals surface area contributed by atoms with Crippen LogP contribution >= 0.6 is 0 Å². The zero-order chi connectivity index (χ0) is 15.3. The van der Waals surface area contributed by atoms with E-state index in [2.05, 4.69) is 0 Å². The maximum absolute atomic E-state index is 12.4. The van der Waals surface area contributed by atoms with E-state index in [0.717, 1.165) is 12.1 Å². The third-order valence-electron chi connectivity index (χ3n) is 2.78. The van der Waals surface area contributed by atoms with Crippen molar-refractivity contribution < 1.29 is 27.9 Å². The summed E-state index contributed by atoms with van der Waals surface area (Å²) in [6.45, 7) is 1.65. The van der Waals surface area contributed by atoms with E-state index in [-0.39, 0.29) is 31.0 Å². The number of alkyl halides is 3. The predicted molar refractivity (Wildman–Crippen MR) is 66.2 cm³/mol. The van der Waals surface area contributed by atoms with Gasteiger partial charge in [-0.3, -0.25) is 9.59 Å². The minimum Gasteiger partial charge on any atom is -0.481 e. The molecule has 110 valence electrons. The van der Waals surface area contributed by atoms with Gasteiger partial charge < -0.3 is 5.11 Å². The molecule has 0 aliphatic heterocycles. The fourth-order valence-electron chi connectivity index (χ4n) is 1.87. The molecule has 1 aromatic carbocycles. The van der Waals surface area contributed by atoms with Gasteiger partial charge in [-0.05, 0) is 23.6 Å². The van der Waals surface area contributed by atoms with E-state index < -0.39 is 17.7 Å². The maximum atomic E-state index is 12.4. The fraction of sp³-hybridized carbons (Fsp3) is 0.429. The third-order valence-corrected chi connectivity index (χ3v) is 2.78. The van der Waals surface area contributed by atoms with E-state index in [1.807, 2.05) is 0 Å². The molecule has 0 saturated carbocycles. The van der Waals surface area contributed by atoms with Crippen LogP contribution in [0, 0.1) is 5.92 Å². The van der Waals surface area contributed by atoms with Crippen molar-refractivity contribution in [2.45, 2.75) is 32.4 Å². The summed E-state index contributed by atoms with van der Waals surface area (Å²) in [4.78, 5) is 22.1. The van der Waals surface area contributed by atoms with Gasteiger partial charge in [0.1, 0.15) is 5.78 Å². The Labute approximate surface area is 114 Å². The molecule has 1 aromatic rings. The number of hydrogen-bond donors (Lipinski definition) is 1. The van der Waals surface area contributed by atoms with Crippen molar-refractivity contribution in [3.05, 3.63) is 35.4 Å². The number of halogens is 3. The molecule has 0 bridgehead atoms. The van der Waals surface area contributed by atoms with E-state index in [9.17, 15) is 22.8 Å². The summed E-state index contributed by atoms with van der Waals surface area (Å²) in [5.41, 5.74) is -0.265. The molecule has 0 amide bonds. The Morgan fingerprint density at radius 3 is 2.15 bits per heavy atom. The highest BCUT2D eigenvalue weighted by molar-refractivity contribution is 5.81. The molecule has 1 unspecified atom stereocenters. The average Bonchev–Trinajstić information content (AvgIpc) is 2.26. The van der Waals surface area contributed by atoms with Gasteiger partial charge in [0.2, 0.25) is 0 Å². The van der Waals surface area contributed by atoms with Gasteiger partial charge in [0.05, 0.1) is 5.56 Å². The Morgan fingerprint density at radius 1 is 1.15 bits per heavy atom. The largest absolute Gasteiger partial charge is 0.481 e.